The number of rotatable bonds is 6. The second kappa shape index (κ2) is 9.97. The van der Waals surface area contributed by atoms with Crippen molar-refractivity contribution >= 4 is 31.7 Å². The molecule has 0 aliphatic carbocycles. The Balaban J connectivity index is 1.46. The Bertz CT molecular complexity index is 1390. The second-order valence-electron chi connectivity index (χ2n) is 8.70. The highest BCUT2D eigenvalue weighted by Gasteiger charge is 2.32. The number of hydrogen-bond acceptors (Lipinski definition) is 6. The van der Waals surface area contributed by atoms with Gasteiger partial charge in [0.05, 0.1) is 4.90 Å². The Labute approximate surface area is 214 Å². The fraction of sp³-hybridized carbons (Fsp3) is 0.222. The first-order chi connectivity index (χ1) is 16.9. The van der Waals surface area contributed by atoms with Gasteiger partial charge >= 0.3 is 0 Å². The van der Waals surface area contributed by atoms with Crippen molar-refractivity contribution in [2.24, 2.45) is 0 Å². The third-order valence-electron chi connectivity index (χ3n) is 6.16. The molecule has 1 saturated heterocycles. The maximum atomic E-state index is 13.6. The maximum absolute atomic E-state index is 13.6. The van der Waals surface area contributed by atoms with Gasteiger partial charge in [0.2, 0.25) is 26.6 Å². The smallest absolute Gasteiger partial charge is 0.236 e. The average Bonchev–Trinajstić information content (AvgIpc) is 3.32. The molecule has 180 valence electrons. The highest BCUT2D eigenvalue weighted by atomic mass is 79.9. The van der Waals surface area contributed by atoms with Gasteiger partial charge in [0, 0.05) is 42.8 Å². The highest BCUT2D eigenvalue weighted by Crippen LogP contribution is 2.35. The van der Waals surface area contributed by atoms with Crippen LogP contribution in [0.5, 0.6) is 0 Å². The van der Waals surface area contributed by atoms with E-state index in [1.165, 1.54) is 5.56 Å². The second-order valence-corrected chi connectivity index (χ2v) is 11.5. The Hall–Kier alpha value is -2.94. The molecule has 1 aliphatic heterocycles. The van der Waals surface area contributed by atoms with Gasteiger partial charge in [0.15, 0.2) is 0 Å². The third kappa shape index (κ3) is 5.19. The zero-order valence-electron chi connectivity index (χ0n) is 19.4. The van der Waals surface area contributed by atoms with Crippen LogP contribution >= 0.6 is 15.9 Å². The first-order valence-electron chi connectivity index (χ1n) is 11.5. The van der Waals surface area contributed by atoms with E-state index >= 15 is 0 Å². The number of anilines is 1. The molecule has 5 rings (SSSR count). The zero-order chi connectivity index (χ0) is 24.4. The van der Waals surface area contributed by atoms with E-state index in [1.807, 2.05) is 54.3 Å². The summed E-state index contributed by atoms with van der Waals surface area (Å²) in [6.45, 7) is 5.69. The number of aromatic nitrogens is 1. The van der Waals surface area contributed by atoms with Crippen LogP contribution in [-0.4, -0.2) is 44.5 Å². The van der Waals surface area contributed by atoms with E-state index in [0.717, 1.165) is 35.2 Å². The molecule has 35 heavy (non-hydrogen) atoms. The Morgan fingerprint density at radius 3 is 2.20 bits per heavy atom. The zero-order valence-corrected chi connectivity index (χ0v) is 21.8. The lowest BCUT2D eigenvalue weighted by molar-refractivity contribution is 0.245. The van der Waals surface area contributed by atoms with E-state index in [2.05, 4.69) is 37.9 Å². The van der Waals surface area contributed by atoms with Crippen molar-refractivity contribution in [1.82, 2.24) is 9.88 Å². The van der Waals surface area contributed by atoms with Crippen LogP contribution in [0.2, 0.25) is 0 Å². The molecule has 0 radical (unpaired) electrons. The molecular weight excluding hydrogens is 526 g/mol. The molecule has 1 aliphatic rings. The molecule has 4 aromatic rings. The van der Waals surface area contributed by atoms with Gasteiger partial charge in [-0.15, -0.1) is 0 Å². The number of benzene rings is 3. The maximum Gasteiger partial charge on any atom is 0.236 e. The van der Waals surface area contributed by atoms with Crippen LogP contribution in [0.25, 0.3) is 11.5 Å². The van der Waals surface area contributed by atoms with E-state index in [1.54, 1.807) is 24.3 Å². The first-order valence-corrected chi connectivity index (χ1v) is 13.8. The van der Waals surface area contributed by atoms with E-state index in [0.29, 0.717) is 24.9 Å². The largest absolute Gasteiger partial charge is 0.419 e. The molecule has 6 nitrogen and oxygen atoms in total. The van der Waals surface area contributed by atoms with Crippen LogP contribution in [-0.2, 0) is 16.4 Å². The number of piperazine rings is 1. The molecule has 0 bridgehead atoms. The predicted molar refractivity (Wildman–Crippen MR) is 140 cm³/mol. The standard InChI is InChI=1S/C27H26BrN3O3S/c1-20-7-13-24(14-8-20)35(32,33)26-27(34-25(29-26)22-9-11-23(28)12-10-22)31-17-15-30(16-18-31)19-21-5-3-2-4-6-21/h2-14H,15-19H2,1H3. The summed E-state index contributed by atoms with van der Waals surface area (Å²) in [6, 6.07) is 24.7. The van der Waals surface area contributed by atoms with Gasteiger partial charge in [-0.05, 0) is 48.9 Å². The number of halogens is 1. The van der Waals surface area contributed by atoms with Gasteiger partial charge in [-0.2, -0.15) is 4.98 Å². The van der Waals surface area contributed by atoms with Crippen molar-refractivity contribution in [1.29, 1.82) is 0 Å². The first kappa shape index (κ1) is 23.8. The van der Waals surface area contributed by atoms with Crippen LogP contribution < -0.4 is 4.90 Å². The number of hydrogen-bond donors (Lipinski definition) is 0. The number of oxazole rings is 1. The molecule has 0 saturated carbocycles. The number of nitrogens with zero attached hydrogens (tertiary/aromatic N) is 3. The monoisotopic (exact) mass is 551 g/mol. The number of aryl methyl sites for hydroxylation is 1. The Kier molecular flexibility index (Phi) is 6.77. The van der Waals surface area contributed by atoms with E-state index in [-0.39, 0.29) is 9.92 Å². The molecule has 2 heterocycles. The van der Waals surface area contributed by atoms with Gasteiger partial charge in [-0.1, -0.05) is 64.0 Å². The summed E-state index contributed by atoms with van der Waals surface area (Å²) in [4.78, 5) is 9.09. The fourth-order valence-corrected chi connectivity index (χ4v) is 5.75. The average molecular weight is 552 g/mol. The van der Waals surface area contributed by atoms with E-state index < -0.39 is 9.84 Å². The van der Waals surface area contributed by atoms with Crippen LogP contribution in [0.1, 0.15) is 11.1 Å². The molecule has 3 aromatic carbocycles. The van der Waals surface area contributed by atoms with Crippen molar-refractivity contribution in [2.45, 2.75) is 23.4 Å². The van der Waals surface area contributed by atoms with Crippen molar-refractivity contribution < 1.29 is 12.8 Å². The van der Waals surface area contributed by atoms with Crippen LogP contribution in [0.4, 0.5) is 5.88 Å². The summed E-state index contributed by atoms with van der Waals surface area (Å²) in [6.07, 6.45) is 0. The molecule has 0 spiro atoms. The lowest BCUT2D eigenvalue weighted by atomic mass is 10.2. The SMILES string of the molecule is Cc1ccc(S(=O)(=O)c2nc(-c3ccc(Br)cc3)oc2N2CCN(Cc3ccccc3)CC2)cc1. The van der Waals surface area contributed by atoms with Gasteiger partial charge < -0.3 is 9.32 Å². The number of sulfone groups is 1. The molecule has 1 fully saturated rings. The molecule has 8 heteroatoms. The lowest BCUT2D eigenvalue weighted by Gasteiger charge is -2.34. The summed E-state index contributed by atoms with van der Waals surface area (Å²) < 4.78 is 34.4. The van der Waals surface area contributed by atoms with E-state index in [9.17, 15) is 8.42 Å². The van der Waals surface area contributed by atoms with Gasteiger partial charge in [0.25, 0.3) is 0 Å². The van der Waals surface area contributed by atoms with Crippen molar-refractivity contribution in [3.63, 3.8) is 0 Å². The van der Waals surface area contributed by atoms with Crippen molar-refractivity contribution in [3.05, 3.63) is 94.5 Å². The Morgan fingerprint density at radius 2 is 1.54 bits per heavy atom. The van der Waals surface area contributed by atoms with Crippen molar-refractivity contribution in [3.8, 4) is 11.5 Å². The fourth-order valence-electron chi connectivity index (χ4n) is 4.17. The van der Waals surface area contributed by atoms with Crippen molar-refractivity contribution in [2.75, 3.05) is 31.1 Å². The van der Waals surface area contributed by atoms with Gasteiger partial charge in [0.1, 0.15) is 0 Å². The molecule has 0 unspecified atom stereocenters. The van der Waals surface area contributed by atoms with Crippen LogP contribution in [0.3, 0.4) is 0 Å². The quantitative estimate of drug-likeness (QED) is 0.312. The summed E-state index contributed by atoms with van der Waals surface area (Å²) in [5.41, 5.74) is 2.98. The molecule has 1 aromatic heterocycles. The molecular formula is C27H26BrN3O3S. The minimum absolute atomic E-state index is 0.0317. The molecule has 0 amide bonds. The van der Waals surface area contributed by atoms with Gasteiger partial charge in [-0.25, -0.2) is 8.42 Å². The minimum atomic E-state index is -3.86. The Morgan fingerprint density at radius 1 is 0.886 bits per heavy atom. The van der Waals surface area contributed by atoms with Gasteiger partial charge in [-0.3, -0.25) is 4.90 Å². The summed E-state index contributed by atoms with van der Waals surface area (Å²) in [7, 11) is -3.86. The van der Waals surface area contributed by atoms with E-state index in [4.69, 9.17) is 4.42 Å². The third-order valence-corrected chi connectivity index (χ3v) is 8.36. The topological polar surface area (TPSA) is 66.7 Å². The summed E-state index contributed by atoms with van der Waals surface area (Å²) in [5.74, 6) is 0.604. The minimum Gasteiger partial charge on any atom is -0.419 e. The molecule has 0 N–H and O–H groups in total. The summed E-state index contributed by atoms with van der Waals surface area (Å²) in [5, 5.41) is -0.0317. The van der Waals surface area contributed by atoms with Crippen LogP contribution in [0, 0.1) is 6.92 Å². The summed E-state index contributed by atoms with van der Waals surface area (Å²) >= 11 is 3.44. The molecule has 0 atom stereocenters. The predicted octanol–water partition coefficient (Wildman–Crippen LogP) is 5.57. The highest BCUT2D eigenvalue weighted by molar-refractivity contribution is 9.10. The lowest BCUT2D eigenvalue weighted by Crippen LogP contribution is -2.46. The van der Waals surface area contributed by atoms with Crippen LogP contribution in [0.15, 0.2) is 97.7 Å². The normalized spacial score (nSPS) is 14.9.